The van der Waals surface area contributed by atoms with Crippen LogP contribution in [0.1, 0.15) is 25.3 Å². The van der Waals surface area contributed by atoms with E-state index in [1.54, 1.807) is 24.2 Å². The Bertz CT molecular complexity index is 997. The molecule has 1 amide bonds. The third-order valence-electron chi connectivity index (χ3n) is 4.34. The van der Waals surface area contributed by atoms with Crippen molar-refractivity contribution in [1.29, 1.82) is 0 Å². The Morgan fingerprint density at radius 3 is 2.59 bits per heavy atom. The predicted molar refractivity (Wildman–Crippen MR) is 112 cm³/mol. The summed E-state index contributed by atoms with van der Waals surface area (Å²) < 4.78 is 10.5. The number of rotatable bonds is 7. The van der Waals surface area contributed by atoms with Gasteiger partial charge in [0.15, 0.2) is 0 Å². The Balaban J connectivity index is 1.72. The van der Waals surface area contributed by atoms with Gasteiger partial charge < -0.3 is 14.2 Å². The SMILES string of the molecule is COc1ccc(-c2noc(CN(C(=O)C=Cc3ccccc3Cl)C(C)C)n2)cc1. The zero-order chi connectivity index (χ0) is 20.8. The van der Waals surface area contributed by atoms with Crippen LogP contribution in [0.25, 0.3) is 17.5 Å². The van der Waals surface area contributed by atoms with E-state index in [2.05, 4.69) is 10.1 Å². The molecule has 0 saturated carbocycles. The Morgan fingerprint density at radius 1 is 1.21 bits per heavy atom. The van der Waals surface area contributed by atoms with E-state index in [0.29, 0.717) is 16.7 Å². The quantitative estimate of drug-likeness (QED) is 0.520. The van der Waals surface area contributed by atoms with Gasteiger partial charge in [-0.2, -0.15) is 4.98 Å². The maximum atomic E-state index is 12.7. The fourth-order valence-electron chi connectivity index (χ4n) is 2.70. The monoisotopic (exact) mass is 411 g/mol. The summed E-state index contributed by atoms with van der Waals surface area (Å²) in [6.07, 6.45) is 3.21. The van der Waals surface area contributed by atoms with E-state index in [9.17, 15) is 4.79 Å². The molecule has 29 heavy (non-hydrogen) atoms. The van der Waals surface area contributed by atoms with Gasteiger partial charge in [-0.25, -0.2) is 0 Å². The minimum absolute atomic E-state index is 0.0465. The van der Waals surface area contributed by atoms with Crippen LogP contribution in [0.2, 0.25) is 5.02 Å². The van der Waals surface area contributed by atoms with Crippen LogP contribution in [0, 0.1) is 0 Å². The normalized spacial score (nSPS) is 11.2. The van der Waals surface area contributed by atoms with Gasteiger partial charge in [0.1, 0.15) is 12.3 Å². The molecule has 1 heterocycles. The third kappa shape index (κ3) is 5.23. The molecule has 0 bridgehead atoms. The highest BCUT2D eigenvalue weighted by Crippen LogP contribution is 2.21. The third-order valence-corrected chi connectivity index (χ3v) is 4.68. The first kappa shape index (κ1) is 20.6. The first-order valence-corrected chi connectivity index (χ1v) is 9.56. The van der Waals surface area contributed by atoms with Crippen molar-refractivity contribution in [2.75, 3.05) is 7.11 Å². The van der Waals surface area contributed by atoms with E-state index >= 15 is 0 Å². The standard InChI is InChI=1S/C22H22ClN3O3/c1-15(2)26(21(27)13-10-16-6-4-5-7-19(16)23)14-20-24-22(25-29-20)17-8-11-18(28-3)12-9-17/h4-13,15H,14H2,1-3H3. The molecule has 0 N–H and O–H groups in total. The molecule has 1 aromatic heterocycles. The number of amides is 1. The molecular weight excluding hydrogens is 390 g/mol. The number of hydrogen-bond donors (Lipinski definition) is 0. The van der Waals surface area contributed by atoms with Crippen molar-refractivity contribution < 1.29 is 14.1 Å². The number of carbonyl (C=O) groups excluding carboxylic acids is 1. The molecule has 6 nitrogen and oxygen atoms in total. The molecule has 0 radical (unpaired) electrons. The van der Waals surface area contributed by atoms with Crippen LogP contribution < -0.4 is 4.74 Å². The van der Waals surface area contributed by atoms with E-state index < -0.39 is 0 Å². The molecule has 7 heteroatoms. The maximum absolute atomic E-state index is 12.7. The predicted octanol–water partition coefficient (Wildman–Crippen LogP) is 4.85. The van der Waals surface area contributed by atoms with Gasteiger partial charge >= 0.3 is 0 Å². The van der Waals surface area contributed by atoms with Gasteiger partial charge in [-0.3, -0.25) is 4.79 Å². The van der Waals surface area contributed by atoms with Gasteiger partial charge in [0.2, 0.25) is 17.6 Å². The summed E-state index contributed by atoms with van der Waals surface area (Å²) in [7, 11) is 1.61. The highest BCUT2D eigenvalue weighted by atomic mass is 35.5. The summed E-state index contributed by atoms with van der Waals surface area (Å²) >= 11 is 6.14. The molecule has 0 atom stereocenters. The molecule has 0 aliphatic carbocycles. The van der Waals surface area contributed by atoms with E-state index in [1.807, 2.05) is 56.3 Å². The molecule has 0 spiro atoms. The number of methoxy groups -OCH3 is 1. The van der Waals surface area contributed by atoms with Gasteiger partial charge in [0.05, 0.1) is 7.11 Å². The lowest BCUT2D eigenvalue weighted by atomic mass is 10.2. The fraction of sp³-hybridized carbons (Fsp3) is 0.227. The van der Waals surface area contributed by atoms with Crippen molar-refractivity contribution in [3.63, 3.8) is 0 Å². The van der Waals surface area contributed by atoms with Gasteiger partial charge in [-0.1, -0.05) is 35.0 Å². The van der Waals surface area contributed by atoms with Crippen LogP contribution in [-0.2, 0) is 11.3 Å². The van der Waals surface area contributed by atoms with Crippen LogP contribution in [0.15, 0.2) is 59.1 Å². The van der Waals surface area contributed by atoms with Crippen LogP contribution >= 0.6 is 11.6 Å². The summed E-state index contributed by atoms with van der Waals surface area (Å²) in [6.45, 7) is 4.08. The van der Waals surface area contributed by atoms with Crippen molar-refractivity contribution in [3.8, 4) is 17.1 Å². The lowest BCUT2D eigenvalue weighted by molar-refractivity contribution is -0.128. The molecule has 0 aliphatic rings. The second-order valence-electron chi connectivity index (χ2n) is 6.65. The molecule has 150 valence electrons. The second-order valence-corrected chi connectivity index (χ2v) is 7.06. The highest BCUT2D eigenvalue weighted by Gasteiger charge is 2.19. The van der Waals surface area contributed by atoms with Gasteiger partial charge in [0.25, 0.3) is 0 Å². The number of ether oxygens (including phenoxy) is 1. The average molecular weight is 412 g/mol. The van der Waals surface area contributed by atoms with Crippen molar-refractivity contribution in [2.45, 2.75) is 26.4 Å². The maximum Gasteiger partial charge on any atom is 0.247 e. The number of carbonyl (C=O) groups is 1. The van der Waals surface area contributed by atoms with Crippen molar-refractivity contribution in [2.24, 2.45) is 0 Å². The largest absolute Gasteiger partial charge is 0.497 e. The smallest absolute Gasteiger partial charge is 0.247 e. The lowest BCUT2D eigenvalue weighted by Crippen LogP contribution is -2.35. The van der Waals surface area contributed by atoms with E-state index in [0.717, 1.165) is 16.9 Å². The summed E-state index contributed by atoms with van der Waals surface area (Å²) in [6, 6.07) is 14.7. The Labute approximate surface area is 174 Å². The second kappa shape index (κ2) is 9.39. The lowest BCUT2D eigenvalue weighted by Gasteiger charge is -2.23. The summed E-state index contributed by atoms with van der Waals surface area (Å²) in [4.78, 5) is 18.8. The molecule has 0 saturated heterocycles. The summed E-state index contributed by atoms with van der Waals surface area (Å²) in [5.74, 6) is 1.41. The molecule has 3 aromatic rings. The number of benzene rings is 2. The van der Waals surface area contributed by atoms with Crippen molar-refractivity contribution in [1.82, 2.24) is 15.0 Å². The summed E-state index contributed by atoms with van der Waals surface area (Å²) in [5.41, 5.74) is 1.59. The fourth-order valence-corrected chi connectivity index (χ4v) is 2.90. The zero-order valence-electron chi connectivity index (χ0n) is 16.5. The van der Waals surface area contributed by atoms with Crippen LogP contribution in [0.3, 0.4) is 0 Å². The minimum atomic E-state index is -0.163. The molecule has 3 rings (SSSR count). The van der Waals surface area contributed by atoms with Crippen molar-refractivity contribution in [3.05, 3.63) is 71.1 Å². The molecule has 2 aromatic carbocycles. The molecule has 0 fully saturated rings. The van der Waals surface area contributed by atoms with Gasteiger partial charge in [-0.05, 0) is 55.8 Å². The van der Waals surface area contributed by atoms with E-state index in [1.165, 1.54) is 6.08 Å². The highest BCUT2D eigenvalue weighted by molar-refractivity contribution is 6.32. The average Bonchev–Trinajstić information content (AvgIpc) is 3.20. The number of nitrogens with zero attached hydrogens (tertiary/aromatic N) is 3. The van der Waals surface area contributed by atoms with E-state index in [4.69, 9.17) is 20.9 Å². The summed E-state index contributed by atoms with van der Waals surface area (Å²) in [5, 5.41) is 4.61. The van der Waals surface area contributed by atoms with Crippen LogP contribution in [0.4, 0.5) is 0 Å². The Morgan fingerprint density at radius 2 is 1.93 bits per heavy atom. The Kier molecular flexibility index (Phi) is 6.67. The number of aromatic nitrogens is 2. The minimum Gasteiger partial charge on any atom is -0.497 e. The molecule has 0 unspecified atom stereocenters. The topological polar surface area (TPSA) is 68.5 Å². The molecular formula is C22H22ClN3O3. The van der Waals surface area contributed by atoms with Crippen LogP contribution in [-0.4, -0.2) is 34.1 Å². The van der Waals surface area contributed by atoms with Gasteiger partial charge in [-0.15, -0.1) is 0 Å². The first-order chi connectivity index (χ1) is 14.0. The first-order valence-electron chi connectivity index (χ1n) is 9.18. The molecule has 0 aliphatic heterocycles. The zero-order valence-corrected chi connectivity index (χ0v) is 17.3. The van der Waals surface area contributed by atoms with Crippen molar-refractivity contribution >= 4 is 23.6 Å². The number of hydrogen-bond acceptors (Lipinski definition) is 5. The number of halogens is 1. The Hall–Kier alpha value is -3.12. The van der Waals surface area contributed by atoms with Gasteiger partial charge in [0, 0.05) is 22.7 Å². The van der Waals surface area contributed by atoms with E-state index in [-0.39, 0.29) is 18.5 Å². The van der Waals surface area contributed by atoms with Crippen LogP contribution in [0.5, 0.6) is 5.75 Å².